The molecule has 0 saturated carbocycles. The van der Waals surface area contributed by atoms with Crippen LogP contribution < -0.4 is 0 Å². The Morgan fingerprint density at radius 1 is 0.604 bits per heavy atom. The number of rotatable bonds is 36. The average Bonchev–Trinajstić information content (AvgIpc) is 3.88. The van der Waals surface area contributed by atoms with Gasteiger partial charge in [0, 0.05) is 12.8 Å². The highest BCUT2D eigenvalue weighted by atomic mass is 31.2. The summed E-state index contributed by atoms with van der Waals surface area (Å²) in [6.07, 6.45) is 45.4. The topological polar surface area (TPSA) is 132 Å². The Kier molecular flexibility index (Phi) is 31.5. The summed E-state index contributed by atoms with van der Waals surface area (Å²) in [5.41, 5.74) is 0. The van der Waals surface area contributed by atoms with Crippen LogP contribution in [-0.4, -0.2) is 53.3 Å². The van der Waals surface area contributed by atoms with E-state index in [1.165, 1.54) is 51.4 Å². The van der Waals surface area contributed by atoms with Crippen molar-refractivity contribution in [2.45, 2.75) is 186 Å². The lowest BCUT2D eigenvalue weighted by Crippen LogP contribution is -2.29. The normalized spacial score (nSPS) is 16.9. The van der Waals surface area contributed by atoms with Crippen LogP contribution in [0.2, 0.25) is 0 Å². The summed E-state index contributed by atoms with van der Waals surface area (Å²) in [6.45, 7) is 3.57. The zero-order valence-corrected chi connectivity index (χ0v) is 34.0. The van der Waals surface area contributed by atoms with E-state index in [4.69, 9.17) is 24.0 Å². The molecule has 10 heteroatoms. The molecule has 0 aromatic carbocycles. The van der Waals surface area contributed by atoms with Crippen molar-refractivity contribution >= 4 is 19.8 Å². The predicted octanol–water partition coefficient (Wildman–Crippen LogP) is 11.5. The van der Waals surface area contributed by atoms with Gasteiger partial charge in [-0.1, -0.05) is 132 Å². The molecule has 0 aromatic rings. The first-order valence-corrected chi connectivity index (χ1v) is 22.2. The molecule has 304 valence electrons. The zero-order valence-electron chi connectivity index (χ0n) is 33.1. The van der Waals surface area contributed by atoms with Gasteiger partial charge in [-0.3, -0.25) is 14.1 Å². The summed E-state index contributed by atoms with van der Waals surface area (Å²) >= 11 is 0. The maximum Gasteiger partial charge on any atom is 0.469 e. The van der Waals surface area contributed by atoms with E-state index >= 15 is 0 Å². The molecule has 1 rings (SSSR count). The van der Waals surface area contributed by atoms with E-state index in [2.05, 4.69) is 79.1 Å². The largest absolute Gasteiger partial charge is 0.469 e. The van der Waals surface area contributed by atoms with E-state index in [9.17, 15) is 14.2 Å². The zero-order chi connectivity index (χ0) is 38.7. The number of ether oxygens (including phenoxy) is 3. The summed E-state index contributed by atoms with van der Waals surface area (Å²) in [5.74, 6) is -0.947. The molecular formula is C43H73O9P. The summed E-state index contributed by atoms with van der Waals surface area (Å²) in [6, 6.07) is 0. The van der Waals surface area contributed by atoms with Crippen LogP contribution in [-0.2, 0) is 32.9 Å². The van der Waals surface area contributed by atoms with Crippen molar-refractivity contribution in [3.05, 3.63) is 60.8 Å². The van der Waals surface area contributed by atoms with E-state index < -0.39 is 32.5 Å². The molecule has 2 unspecified atom stereocenters. The number of unbranched alkanes of at least 4 members (excludes halogenated alkanes) is 13. The maximum atomic E-state index is 12.4. The van der Waals surface area contributed by atoms with Crippen LogP contribution in [0.25, 0.3) is 0 Å². The Bertz CT molecular complexity index is 1110. The molecule has 2 N–H and O–H groups in total. The SMILES string of the molecule is CCCCC/C=C\C/C=C\C/C=C\C/C=C\CCCCCC(=O)OC[C@H](COP(=O)(O)O)OC(=O)CCCCCCC/C=C\CC1OC1CCCCC. The van der Waals surface area contributed by atoms with Crippen molar-refractivity contribution in [1.82, 2.24) is 0 Å². The van der Waals surface area contributed by atoms with Crippen LogP contribution >= 0.6 is 7.82 Å². The van der Waals surface area contributed by atoms with Crippen LogP contribution in [0.5, 0.6) is 0 Å². The molecule has 0 spiro atoms. The number of carbonyl (C=O) groups excluding carboxylic acids is 2. The van der Waals surface area contributed by atoms with Crippen molar-refractivity contribution in [3.8, 4) is 0 Å². The number of hydrogen-bond donors (Lipinski definition) is 2. The minimum absolute atomic E-state index is 0.181. The van der Waals surface area contributed by atoms with Crippen molar-refractivity contribution < 1.29 is 42.7 Å². The van der Waals surface area contributed by atoms with Gasteiger partial charge in [0.25, 0.3) is 0 Å². The molecule has 0 aliphatic carbocycles. The van der Waals surface area contributed by atoms with Crippen molar-refractivity contribution in [2.75, 3.05) is 13.2 Å². The average molecular weight is 765 g/mol. The molecule has 1 fully saturated rings. The van der Waals surface area contributed by atoms with Gasteiger partial charge in [-0.05, 0) is 83.5 Å². The van der Waals surface area contributed by atoms with Crippen LogP contribution in [0.4, 0.5) is 0 Å². The van der Waals surface area contributed by atoms with Crippen LogP contribution in [0.3, 0.4) is 0 Å². The number of esters is 2. The third kappa shape index (κ3) is 34.0. The van der Waals surface area contributed by atoms with Gasteiger partial charge >= 0.3 is 19.8 Å². The summed E-state index contributed by atoms with van der Waals surface area (Å²) in [4.78, 5) is 42.8. The second-order valence-corrected chi connectivity index (χ2v) is 15.2. The van der Waals surface area contributed by atoms with Crippen LogP contribution in [0, 0.1) is 0 Å². The number of phosphoric acid groups is 1. The monoisotopic (exact) mass is 764 g/mol. The molecule has 3 atom stereocenters. The van der Waals surface area contributed by atoms with Crippen LogP contribution in [0.15, 0.2) is 60.8 Å². The first-order chi connectivity index (χ1) is 25.7. The minimum Gasteiger partial charge on any atom is -0.462 e. The number of epoxide rings is 1. The Hall–Kier alpha value is -2.29. The number of hydrogen-bond acceptors (Lipinski definition) is 7. The third-order valence-electron chi connectivity index (χ3n) is 8.93. The van der Waals surface area contributed by atoms with Gasteiger partial charge in [0.05, 0.1) is 18.8 Å². The Balaban J connectivity index is 2.10. The Morgan fingerprint density at radius 2 is 1.09 bits per heavy atom. The first-order valence-electron chi connectivity index (χ1n) is 20.7. The maximum absolute atomic E-state index is 12.4. The molecular weight excluding hydrogens is 691 g/mol. The highest BCUT2D eigenvalue weighted by Gasteiger charge is 2.36. The molecule has 1 heterocycles. The van der Waals surface area contributed by atoms with E-state index in [-0.39, 0.29) is 19.4 Å². The molecule has 0 radical (unpaired) electrons. The fourth-order valence-electron chi connectivity index (χ4n) is 5.71. The highest BCUT2D eigenvalue weighted by Crippen LogP contribution is 2.36. The first kappa shape index (κ1) is 48.7. The molecule has 0 aromatic heterocycles. The minimum atomic E-state index is -4.77. The lowest BCUT2D eigenvalue weighted by atomic mass is 10.1. The smallest absolute Gasteiger partial charge is 0.462 e. The molecule has 1 aliphatic heterocycles. The predicted molar refractivity (Wildman–Crippen MR) is 215 cm³/mol. The van der Waals surface area contributed by atoms with E-state index in [1.807, 2.05) is 0 Å². The van der Waals surface area contributed by atoms with Gasteiger partial charge in [-0.25, -0.2) is 4.57 Å². The molecule has 1 saturated heterocycles. The fourth-order valence-corrected chi connectivity index (χ4v) is 6.07. The number of carbonyl (C=O) groups is 2. The lowest BCUT2D eigenvalue weighted by molar-refractivity contribution is -0.161. The van der Waals surface area contributed by atoms with E-state index in [1.54, 1.807) is 0 Å². The number of phosphoric ester groups is 1. The third-order valence-corrected chi connectivity index (χ3v) is 9.42. The summed E-state index contributed by atoms with van der Waals surface area (Å²) in [5, 5.41) is 0. The van der Waals surface area contributed by atoms with Gasteiger partial charge in [-0.15, -0.1) is 0 Å². The van der Waals surface area contributed by atoms with E-state index in [0.29, 0.717) is 25.0 Å². The molecule has 0 amide bonds. The van der Waals surface area contributed by atoms with Gasteiger partial charge in [-0.2, -0.15) is 0 Å². The molecule has 53 heavy (non-hydrogen) atoms. The second-order valence-electron chi connectivity index (χ2n) is 14.0. The Morgan fingerprint density at radius 3 is 1.70 bits per heavy atom. The standard InChI is InChI=1S/C43H73O9P/c1-3-5-7-8-9-10-11-12-13-14-15-16-17-18-19-20-24-27-31-35-42(44)49-37-39(38-50-53(46,47)48)51-43(45)36-32-28-25-22-21-23-26-30-34-41-40(52-41)33-29-6-4-2/h9-10,12-13,15-16,18-19,26,30,39-41H,3-8,11,14,17,20-25,27-29,31-38H2,1-2H3,(H2,46,47,48)/b10-9-,13-12-,16-15-,19-18-,30-26-/t39-,40?,41?/m1/s1. The van der Waals surface area contributed by atoms with Gasteiger partial charge < -0.3 is 24.0 Å². The molecule has 9 nitrogen and oxygen atoms in total. The van der Waals surface area contributed by atoms with Crippen molar-refractivity contribution in [1.29, 1.82) is 0 Å². The lowest BCUT2D eigenvalue weighted by Gasteiger charge is -2.18. The van der Waals surface area contributed by atoms with Crippen molar-refractivity contribution in [3.63, 3.8) is 0 Å². The van der Waals surface area contributed by atoms with Gasteiger partial charge in [0.15, 0.2) is 6.10 Å². The summed E-state index contributed by atoms with van der Waals surface area (Å²) < 4.78 is 32.1. The number of allylic oxidation sites excluding steroid dienone is 9. The molecule has 1 aliphatic rings. The highest BCUT2D eigenvalue weighted by molar-refractivity contribution is 7.46. The van der Waals surface area contributed by atoms with E-state index in [0.717, 1.165) is 77.0 Å². The molecule has 0 bridgehead atoms. The summed E-state index contributed by atoms with van der Waals surface area (Å²) in [7, 11) is -4.77. The van der Waals surface area contributed by atoms with Crippen molar-refractivity contribution in [2.24, 2.45) is 0 Å². The fraction of sp³-hybridized carbons (Fsp3) is 0.721. The second kappa shape index (κ2) is 34.2. The van der Waals surface area contributed by atoms with Gasteiger partial charge in [0.2, 0.25) is 0 Å². The van der Waals surface area contributed by atoms with Gasteiger partial charge in [0.1, 0.15) is 6.61 Å². The Labute approximate surface area is 322 Å². The van der Waals surface area contributed by atoms with Crippen LogP contribution in [0.1, 0.15) is 168 Å². The quantitative estimate of drug-likeness (QED) is 0.0210.